The van der Waals surface area contributed by atoms with E-state index in [0.717, 1.165) is 42.3 Å². The second-order valence-electron chi connectivity index (χ2n) is 7.09. The summed E-state index contributed by atoms with van der Waals surface area (Å²) in [6, 6.07) is 15.7. The minimum Gasteiger partial charge on any atom is -0.468 e. The number of rotatable bonds is 9. The number of benzene rings is 1. The maximum atomic E-state index is 12.6. The van der Waals surface area contributed by atoms with Crippen LogP contribution in [-0.2, 0) is 26.1 Å². The number of aryl methyl sites for hydroxylation is 1. The smallest absolute Gasteiger partial charge is 0.275 e. The minimum atomic E-state index is -0.123. The number of hydrogen-bond donors (Lipinski definition) is 0. The van der Waals surface area contributed by atoms with Gasteiger partial charge in [0.15, 0.2) is 0 Å². The number of nitrogens with zero attached hydrogens (tertiary/aromatic N) is 4. The molecule has 29 heavy (non-hydrogen) atoms. The number of fused-ring (bicyclic) bond motifs is 1. The Morgan fingerprint density at radius 2 is 1.97 bits per heavy atom. The molecule has 0 N–H and O–H groups in total. The van der Waals surface area contributed by atoms with E-state index in [2.05, 4.69) is 29.1 Å². The van der Waals surface area contributed by atoms with Crippen molar-refractivity contribution in [2.24, 2.45) is 0 Å². The molecule has 150 valence electrons. The summed E-state index contributed by atoms with van der Waals surface area (Å²) in [5.41, 5.74) is 1.83. The normalized spacial score (nSPS) is 11.5. The Kier molecular flexibility index (Phi) is 6.17. The van der Waals surface area contributed by atoms with Gasteiger partial charge in [0.25, 0.3) is 5.56 Å². The molecule has 0 aliphatic rings. The van der Waals surface area contributed by atoms with E-state index in [1.165, 1.54) is 21.4 Å². The maximum Gasteiger partial charge on any atom is 0.275 e. The molecule has 0 unspecified atom stereocenters. The van der Waals surface area contributed by atoms with Crippen LogP contribution in [-0.4, -0.2) is 19.5 Å². The van der Waals surface area contributed by atoms with Crippen LogP contribution in [0.5, 0.6) is 0 Å². The van der Waals surface area contributed by atoms with Gasteiger partial charge in [-0.05, 0) is 24.1 Å². The highest BCUT2D eigenvalue weighted by atomic mass is 32.1. The van der Waals surface area contributed by atoms with E-state index in [-0.39, 0.29) is 5.56 Å². The van der Waals surface area contributed by atoms with Crippen molar-refractivity contribution >= 4 is 16.3 Å². The van der Waals surface area contributed by atoms with Crippen LogP contribution in [0.1, 0.15) is 41.8 Å². The van der Waals surface area contributed by atoms with Gasteiger partial charge in [0.05, 0.1) is 18.5 Å². The third-order valence-electron chi connectivity index (χ3n) is 4.68. The van der Waals surface area contributed by atoms with Crippen molar-refractivity contribution in [2.45, 2.75) is 45.8 Å². The second kappa shape index (κ2) is 9.15. The molecule has 1 aromatic carbocycles. The van der Waals surface area contributed by atoms with Gasteiger partial charge in [-0.1, -0.05) is 55.0 Å². The van der Waals surface area contributed by atoms with Crippen LogP contribution in [0.4, 0.5) is 0 Å². The van der Waals surface area contributed by atoms with Crippen molar-refractivity contribution in [3.63, 3.8) is 0 Å². The first-order valence-electron chi connectivity index (χ1n) is 9.88. The third kappa shape index (κ3) is 4.99. The van der Waals surface area contributed by atoms with Crippen LogP contribution < -0.4 is 5.56 Å². The SMILES string of the molecule is CCCCc1nn2c(=O)cc(CN(Cc3ccccc3)Cc3ccco3)nc2s1. The van der Waals surface area contributed by atoms with Crippen LogP contribution >= 0.6 is 11.3 Å². The third-order valence-corrected chi connectivity index (χ3v) is 5.65. The van der Waals surface area contributed by atoms with Gasteiger partial charge in [0.2, 0.25) is 4.96 Å². The fraction of sp³-hybridized carbons (Fsp3) is 0.318. The largest absolute Gasteiger partial charge is 0.468 e. The van der Waals surface area contributed by atoms with Crippen molar-refractivity contribution in [2.75, 3.05) is 0 Å². The molecule has 0 spiro atoms. The molecule has 7 heteroatoms. The summed E-state index contributed by atoms with van der Waals surface area (Å²) in [5, 5.41) is 5.39. The molecule has 3 aromatic heterocycles. The van der Waals surface area contributed by atoms with Crippen LogP contribution in [0.2, 0.25) is 0 Å². The van der Waals surface area contributed by atoms with Gasteiger partial charge in [0, 0.05) is 25.6 Å². The Morgan fingerprint density at radius 1 is 1.10 bits per heavy atom. The van der Waals surface area contributed by atoms with Crippen molar-refractivity contribution in [1.29, 1.82) is 0 Å². The second-order valence-corrected chi connectivity index (χ2v) is 8.13. The molecule has 4 aromatic rings. The highest BCUT2D eigenvalue weighted by molar-refractivity contribution is 7.16. The van der Waals surface area contributed by atoms with Gasteiger partial charge >= 0.3 is 0 Å². The van der Waals surface area contributed by atoms with Crippen molar-refractivity contribution in [1.82, 2.24) is 19.5 Å². The van der Waals surface area contributed by atoms with Crippen LogP contribution in [0, 0.1) is 0 Å². The van der Waals surface area contributed by atoms with Crippen LogP contribution in [0.15, 0.2) is 64.0 Å². The van der Waals surface area contributed by atoms with Crippen LogP contribution in [0.3, 0.4) is 0 Å². The predicted octanol–water partition coefficient (Wildman–Crippen LogP) is 4.29. The standard InChI is InChI=1S/C22H24N4O2S/c1-2-3-11-20-24-26-21(27)13-18(23-22(26)29-20)15-25(16-19-10-7-12-28-19)14-17-8-5-4-6-9-17/h4-10,12-13H,2-3,11,14-16H2,1H3. The first kappa shape index (κ1) is 19.5. The Bertz CT molecular complexity index is 1100. The number of furan rings is 1. The molecule has 6 nitrogen and oxygen atoms in total. The first-order valence-corrected chi connectivity index (χ1v) is 10.7. The van der Waals surface area contributed by atoms with Gasteiger partial charge in [-0.2, -0.15) is 9.61 Å². The average molecular weight is 409 g/mol. The summed E-state index contributed by atoms with van der Waals surface area (Å²) >= 11 is 1.51. The lowest BCUT2D eigenvalue weighted by Crippen LogP contribution is -2.25. The lowest BCUT2D eigenvalue weighted by Gasteiger charge is -2.21. The number of hydrogen-bond acceptors (Lipinski definition) is 6. The van der Waals surface area contributed by atoms with Gasteiger partial charge < -0.3 is 4.42 Å². The van der Waals surface area contributed by atoms with Gasteiger partial charge in [0.1, 0.15) is 10.8 Å². The first-order chi connectivity index (χ1) is 14.2. The van der Waals surface area contributed by atoms with Gasteiger partial charge in [-0.3, -0.25) is 9.69 Å². The topological polar surface area (TPSA) is 63.6 Å². The summed E-state index contributed by atoms with van der Waals surface area (Å²) in [7, 11) is 0. The highest BCUT2D eigenvalue weighted by Crippen LogP contribution is 2.17. The zero-order valence-corrected chi connectivity index (χ0v) is 17.3. The average Bonchev–Trinajstić information content (AvgIpc) is 3.37. The Morgan fingerprint density at radius 3 is 2.72 bits per heavy atom. The zero-order valence-electron chi connectivity index (χ0n) is 16.5. The van der Waals surface area contributed by atoms with Crippen molar-refractivity contribution in [3.05, 3.63) is 87.2 Å². The molecule has 0 saturated carbocycles. The molecule has 0 aliphatic carbocycles. The maximum absolute atomic E-state index is 12.6. The van der Waals surface area contributed by atoms with Gasteiger partial charge in [-0.15, -0.1) is 0 Å². The summed E-state index contributed by atoms with van der Waals surface area (Å²) in [6.45, 7) is 4.10. The number of aromatic nitrogens is 3. The summed E-state index contributed by atoms with van der Waals surface area (Å²) < 4.78 is 6.96. The molecule has 0 atom stereocenters. The fourth-order valence-corrected chi connectivity index (χ4v) is 4.23. The molecular formula is C22H24N4O2S. The van der Waals surface area contributed by atoms with E-state index in [1.807, 2.05) is 30.3 Å². The van der Waals surface area contributed by atoms with Crippen molar-refractivity contribution < 1.29 is 4.42 Å². The quantitative estimate of drug-likeness (QED) is 0.413. The van der Waals surface area contributed by atoms with Crippen LogP contribution in [0.25, 0.3) is 4.96 Å². The molecule has 0 amide bonds. The molecule has 0 fully saturated rings. The lowest BCUT2D eigenvalue weighted by molar-refractivity contribution is 0.224. The lowest BCUT2D eigenvalue weighted by atomic mass is 10.2. The molecule has 3 heterocycles. The molecule has 0 bridgehead atoms. The van der Waals surface area contributed by atoms with E-state index >= 15 is 0 Å². The zero-order chi connectivity index (χ0) is 20.1. The summed E-state index contributed by atoms with van der Waals surface area (Å²) in [6.07, 6.45) is 4.74. The molecule has 0 aliphatic heterocycles. The van der Waals surface area contributed by atoms with Gasteiger partial charge in [-0.25, -0.2) is 4.98 Å². The Balaban J connectivity index is 1.58. The number of unbranched alkanes of at least 4 members (excludes halogenated alkanes) is 1. The molecule has 0 radical (unpaired) electrons. The summed E-state index contributed by atoms with van der Waals surface area (Å²) in [4.78, 5) is 20.2. The minimum absolute atomic E-state index is 0.123. The Hall–Kier alpha value is -2.77. The monoisotopic (exact) mass is 408 g/mol. The fourth-order valence-electron chi connectivity index (χ4n) is 3.27. The highest BCUT2D eigenvalue weighted by Gasteiger charge is 2.14. The van der Waals surface area contributed by atoms with Crippen molar-refractivity contribution in [3.8, 4) is 0 Å². The Labute approximate surface area is 173 Å². The molecule has 4 rings (SSSR count). The van der Waals surface area contributed by atoms with E-state index in [0.29, 0.717) is 18.1 Å². The van der Waals surface area contributed by atoms with E-state index in [4.69, 9.17) is 9.40 Å². The van der Waals surface area contributed by atoms with E-state index in [9.17, 15) is 4.79 Å². The van der Waals surface area contributed by atoms with E-state index < -0.39 is 0 Å². The molecular weight excluding hydrogens is 384 g/mol. The molecule has 0 saturated heterocycles. The predicted molar refractivity (Wildman–Crippen MR) is 114 cm³/mol. The van der Waals surface area contributed by atoms with E-state index in [1.54, 1.807) is 12.3 Å². The summed E-state index contributed by atoms with van der Waals surface area (Å²) in [5.74, 6) is 0.887.